The Hall–Kier alpha value is -2.91. The van der Waals surface area contributed by atoms with Gasteiger partial charge in [-0.25, -0.2) is 0 Å². The first kappa shape index (κ1) is 14.7. The van der Waals surface area contributed by atoms with Crippen molar-refractivity contribution in [3.8, 4) is 16.9 Å². The molecule has 116 valence electrons. The van der Waals surface area contributed by atoms with Gasteiger partial charge in [-0.05, 0) is 29.3 Å². The van der Waals surface area contributed by atoms with Crippen molar-refractivity contribution in [2.45, 2.75) is 0 Å². The molecule has 4 rings (SSSR count). The Labute approximate surface area is 144 Å². The lowest BCUT2D eigenvalue weighted by Gasteiger charge is -1.99. The van der Waals surface area contributed by atoms with Crippen molar-refractivity contribution in [3.63, 3.8) is 0 Å². The van der Waals surface area contributed by atoms with Crippen LogP contribution in [0.3, 0.4) is 0 Å². The Morgan fingerprint density at radius 1 is 0.792 bits per heavy atom. The van der Waals surface area contributed by atoms with Gasteiger partial charge < -0.3 is 5.11 Å². The lowest BCUT2D eigenvalue weighted by atomic mass is 10.1. The summed E-state index contributed by atoms with van der Waals surface area (Å²) < 4.78 is 0. The van der Waals surface area contributed by atoms with E-state index in [2.05, 4.69) is 22.3 Å². The highest BCUT2D eigenvalue weighted by molar-refractivity contribution is 6.31. The number of aromatic hydroxyl groups is 1. The number of rotatable bonds is 2. The van der Waals surface area contributed by atoms with E-state index >= 15 is 0 Å². The van der Waals surface area contributed by atoms with Crippen molar-refractivity contribution in [1.29, 1.82) is 0 Å². The van der Waals surface area contributed by atoms with Crippen molar-refractivity contribution in [3.05, 3.63) is 88.4 Å². The van der Waals surface area contributed by atoms with Gasteiger partial charge in [0.25, 0.3) is 0 Å². The first-order valence-electron chi connectivity index (χ1n) is 7.53. The molecule has 24 heavy (non-hydrogen) atoms. The summed E-state index contributed by atoms with van der Waals surface area (Å²) in [6.07, 6.45) is 1.51. The number of halogens is 1. The van der Waals surface area contributed by atoms with Crippen LogP contribution in [0.15, 0.2) is 76.9 Å². The van der Waals surface area contributed by atoms with E-state index in [0.717, 1.165) is 28.0 Å². The Morgan fingerprint density at radius 3 is 2.00 bits per heavy atom. The summed E-state index contributed by atoms with van der Waals surface area (Å²) in [5, 5.41) is 19.0. The second kappa shape index (κ2) is 5.95. The smallest absolute Gasteiger partial charge is 0.124 e. The lowest BCUT2D eigenvalue weighted by molar-refractivity contribution is 0.474. The molecular weight excluding hydrogens is 320 g/mol. The molecule has 1 N–H and O–H groups in total. The third kappa shape index (κ3) is 2.49. The predicted octanol–water partition coefficient (Wildman–Crippen LogP) is 4.90. The van der Waals surface area contributed by atoms with Crippen molar-refractivity contribution in [2.75, 3.05) is 0 Å². The number of phenolic OH excluding ortho intramolecular Hbond substituents is 1. The molecule has 1 aliphatic carbocycles. The summed E-state index contributed by atoms with van der Waals surface area (Å²) in [6.45, 7) is 0. The number of nitrogens with zero attached hydrogens (tertiary/aromatic N) is 2. The summed E-state index contributed by atoms with van der Waals surface area (Å²) in [6, 6.07) is 21.1. The van der Waals surface area contributed by atoms with Crippen LogP contribution in [0.1, 0.15) is 16.7 Å². The molecule has 0 saturated carbocycles. The molecule has 0 unspecified atom stereocenters. The highest BCUT2D eigenvalue weighted by Crippen LogP contribution is 2.36. The van der Waals surface area contributed by atoms with E-state index < -0.39 is 0 Å². The van der Waals surface area contributed by atoms with E-state index in [1.807, 2.05) is 36.4 Å². The Kier molecular flexibility index (Phi) is 3.63. The van der Waals surface area contributed by atoms with Gasteiger partial charge in [-0.3, -0.25) is 0 Å². The second-order valence-corrected chi connectivity index (χ2v) is 5.92. The summed E-state index contributed by atoms with van der Waals surface area (Å²) in [5.41, 5.74) is 5.81. The first-order valence-corrected chi connectivity index (χ1v) is 7.90. The van der Waals surface area contributed by atoms with Gasteiger partial charge in [-0.15, -0.1) is 5.10 Å². The minimum Gasteiger partial charge on any atom is -0.507 e. The van der Waals surface area contributed by atoms with Gasteiger partial charge in [-0.2, -0.15) is 5.10 Å². The van der Waals surface area contributed by atoms with Crippen LogP contribution < -0.4 is 0 Å². The zero-order valence-corrected chi connectivity index (χ0v) is 13.4. The van der Waals surface area contributed by atoms with Crippen LogP contribution in [0.2, 0.25) is 5.02 Å². The van der Waals surface area contributed by atoms with Gasteiger partial charge in [-0.1, -0.05) is 60.1 Å². The third-order valence-corrected chi connectivity index (χ3v) is 4.23. The fraction of sp³-hybridized carbons (Fsp3) is 0. The molecule has 3 aromatic rings. The van der Waals surface area contributed by atoms with E-state index in [0.29, 0.717) is 10.6 Å². The average Bonchev–Trinajstić information content (AvgIpc) is 2.93. The Bertz CT molecular complexity index is 945. The highest BCUT2D eigenvalue weighted by Gasteiger charge is 2.23. The standard InChI is InChI=1S/C20H13ClN2O/c21-14-9-10-19(24)13(11-14)12-22-23-20-17-7-3-1-5-15(17)16-6-2-4-8-18(16)20/h1-12,24H/b22-12+. The van der Waals surface area contributed by atoms with E-state index in [1.54, 1.807) is 12.1 Å². The van der Waals surface area contributed by atoms with Crippen LogP contribution in [0.25, 0.3) is 11.1 Å². The maximum absolute atomic E-state index is 9.84. The number of benzene rings is 3. The molecule has 0 fully saturated rings. The minimum atomic E-state index is 0.121. The van der Waals surface area contributed by atoms with Crippen LogP contribution in [0, 0.1) is 0 Å². The summed E-state index contributed by atoms with van der Waals surface area (Å²) in [5.74, 6) is 0.121. The predicted molar refractivity (Wildman–Crippen MR) is 98.2 cm³/mol. The second-order valence-electron chi connectivity index (χ2n) is 5.49. The molecule has 4 heteroatoms. The molecule has 0 bridgehead atoms. The molecule has 3 nitrogen and oxygen atoms in total. The fourth-order valence-electron chi connectivity index (χ4n) is 2.88. The zero-order chi connectivity index (χ0) is 16.5. The first-order chi connectivity index (χ1) is 11.7. The third-order valence-electron chi connectivity index (χ3n) is 4.00. The van der Waals surface area contributed by atoms with Crippen molar-refractivity contribution in [2.24, 2.45) is 10.2 Å². The van der Waals surface area contributed by atoms with E-state index in [1.165, 1.54) is 12.3 Å². The van der Waals surface area contributed by atoms with Gasteiger partial charge in [0, 0.05) is 21.7 Å². The van der Waals surface area contributed by atoms with Gasteiger partial charge >= 0.3 is 0 Å². The van der Waals surface area contributed by atoms with Crippen molar-refractivity contribution >= 4 is 23.5 Å². The fourth-order valence-corrected chi connectivity index (χ4v) is 3.06. The average molecular weight is 333 g/mol. The monoisotopic (exact) mass is 332 g/mol. The molecule has 0 saturated heterocycles. The number of hydrogen-bond donors (Lipinski definition) is 1. The number of phenols is 1. The highest BCUT2D eigenvalue weighted by atomic mass is 35.5. The molecule has 0 radical (unpaired) electrons. The summed E-state index contributed by atoms with van der Waals surface area (Å²) >= 11 is 5.95. The SMILES string of the molecule is Oc1ccc(Cl)cc1/C=N/N=C1c2ccccc2-c2ccccc21. The van der Waals surface area contributed by atoms with E-state index in [-0.39, 0.29) is 5.75 Å². The molecule has 0 heterocycles. The molecule has 0 aliphatic heterocycles. The van der Waals surface area contributed by atoms with Crippen LogP contribution in [-0.4, -0.2) is 17.0 Å². The molecule has 0 atom stereocenters. The van der Waals surface area contributed by atoms with Gasteiger partial charge in [0.2, 0.25) is 0 Å². The van der Waals surface area contributed by atoms with Crippen molar-refractivity contribution in [1.82, 2.24) is 0 Å². The van der Waals surface area contributed by atoms with E-state index in [4.69, 9.17) is 11.6 Å². The number of fused-ring (bicyclic) bond motifs is 3. The Morgan fingerprint density at radius 2 is 1.38 bits per heavy atom. The lowest BCUT2D eigenvalue weighted by Crippen LogP contribution is -1.97. The molecule has 0 aromatic heterocycles. The molecular formula is C20H13ClN2O. The van der Waals surface area contributed by atoms with Crippen LogP contribution in [0.4, 0.5) is 0 Å². The van der Waals surface area contributed by atoms with Crippen LogP contribution in [0.5, 0.6) is 5.75 Å². The molecule has 0 spiro atoms. The summed E-state index contributed by atoms with van der Waals surface area (Å²) in [4.78, 5) is 0. The minimum absolute atomic E-state index is 0.121. The largest absolute Gasteiger partial charge is 0.507 e. The quantitative estimate of drug-likeness (QED) is 0.412. The van der Waals surface area contributed by atoms with E-state index in [9.17, 15) is 5.11 Å². The molecule has 3 aromatic carbocycles. The van der Waals surface area contributed by atoms with Gasteiger partial charge in [0.05, 0.1) is 6.21 Å². The Balaban J connectivity index is 1.77. The maximum Gasteiger partial charge on any atom is 0.124 e. The van der Waals surface area contributed by atoms with Gasteiger partial charge in [0.1, 0.15) is 11.5 Å². The maximum atomic E-state index is 9.84. The topological polar surface area (TPSA) is 45.0 Å². The van der Waals surface area contributed by atoms with Crippen LogP contribution >= 0.6 is 11.6 Å². The van der Waals surface area contributed by atoms with Crippen molar-refractivity contribution < 1.29 is 5.11 Å². The molecule has 1 aliphatic rings. The van der Waals surface area contributed by atoms with Gasteiger partial charge in [0.15, 0.2) is 0 Å². The summed E-state index contributed by atoms with van der Waals surface area (Å²) in [7, 11) is 0. The molecule has 0 amide bonds. The number of hydrogen-bond acceptors (Lipinski definition) is 3. The van der Waals surface area contributed by atoms with Crippen LogP contribution in [-0.2, 0) is 0 Å². The zero-order valence-electron chi connectivity index (χ0n) is 12.6. The normalized spacial score (nSPS) is 12.3.